The molecule has 2 aromatic carbocycles. The van der Waals surface area contributed by atoms with Crippen LogP contribution in [0, 0.1) is 0 Å². The quantitative estimate of drug-likeness (QED) is 0.213. The Balaban J connectivity index is 1.77. The van der Waals surface area contributed by atoms with Crippen LogP contribution in [0.3, 0.4) is 0 Å². The predicted molar refractivity (Wildman–Crippen MR) is 135 cm³/mol. The lowest BCUT2D eigenvalue weighted by atomic mass is 10.1. The van der Waals surface area contributed by atoms with Gasteiger partial charge >= 0.3 is 12.1 Å². The fourth-order valence-electron chi connectivity index (χ4n) is 3.21. The normalized spacial score (nSPS) is 12.5. The maximum Gasteiger partial charge on any atom is 0.416 e. The molecule has 3 rings (SSSR count). The number of carbonyl (C=O) groups is 1. The van der Waals surface area contributed by atoms with Crippen molar-refractivity contribution in [2.75, 3.05) is 7.11 Å². The fourth-order valence-corrected chi connectivity index (χ4v) is 4.70. The molecule has 5 nitrogen and oxygen atoms in total. The van der Waals surface area contributed by atoms with Crippen molar-refractivity contribution in [2.24, 2.45) is 5.16 Å². The SMILES string of the molecule is CO/N=C(\CCc1ccc(OC(C)(C)C(=O)O)c(Cl)c1Cl)c1ccc(-c2ccc(C(F)(F)F)cc2)s1. The fraction of sp³-hybridized carbons (Fsp3) is 0.280. The van der Waals surface area contributed by atoms with Crippen LogP contribution in [0.4, 0.5) is 13.2 Å². The Labute approximate surface area is 220 Å². The number of hydrogen-bond donors (Lipinski definition) is 1. The van der Waals surface area contributed by atoms with Crippen LogP contribution in [0.2, 0.25) is 10.0 Å². The van der Waals surface area contributed by atoms with E-state index in [0.717, 1.165) is 21.9 Å². The molecule has 1 heterocycles. The van der Waals surface area contributed by atoms with Crippen molar-refractivity contribution in [3.05, 3.63) is 74.6 Å². The van der Waals surface area contributed by atoms with Gasteiger partial charge in [-0.05, 0) is 68.1 Å². The summed E-state index contributed by atoms with van der Waals surface area (Å²) in [4.78, 5) is 17.9. The first-order valence-corrected chi connectivity index (χ1v) is 12.2. The second-order valence-electron chi connectivity index (χ2n) is 8.23. The van der Waals surface area contributed by atoms with Gasteiger partial charge in [0, 0.05) is 4.88 Å². The molecule has 36 heavy (non-hydrogen) atoms. The Morgan fingerprint density at radius 3 is 2.28 bits per heavy atom. The van der Waals surface area contributed by atoms with Gasteiger partial charge in [0.1, 0.15) is 17.9 Å². The molecular weight excluding hydrogens is 538 g/mol. The van der Waals surface area contributed by atoms with Gasteiger partial charge < -0.3 is 14.7 Å². The summed E-state index contributed by atoms with van der Waals surface area (Å²) in [6.45, 7) is 2.81. The van der Waals surface area contributed by atoms with E-state index in [1.54, 1.807) is 12.1 Å². The van der Waals surface area contributed by atoms with Crippen LogP contribution in [-0.2, 0) is 22.2 Å². The van der Waals surface area contributed by atoms with Crippen molar-refractivity contribution in [1.82, 2.24) is 0 Å². The number of alkyl halides is 3. The Hall–Kier alpha value is -2.75. The van der Waals surface area contributed by atoms with Gasteiger partial charge in [-0.15, -0.1) is 11.3 Å². The lowest BCUT2D eigenvalue weighted by Gasteiger charge is -2.23. The number of carboxylic acid groups (broad SMARTS) is 1. The zero-order valence-corrected chi connectivity index (χ0v) is 21.8. The smallest absolute Gasteiger partial charge is 0.416 e. The van der Waals surface area contributed by atoms with Gasteiger partial charge in [0.25, 0.3) is 0 Å². The van der Waals surface area contributed by atoms with Crippen LogP contribution in [0.1, 0.15) is 36.3 Å². The van der Waals surface area contributed by atoms with E-state index in [1.165, 1.54) is 44.4 Å². The van der Waals surface area contributed by atoms with Crippen molar-refractivity contribution in [2.45, 2.75) is 38.5 Å². The van der Waals surface area contributed by atoms with Crippen molar-refractivity contribution >= 4 is 46.2 Å². The average molecular weight is 560 g/mol. The molecule has 192 valence electrons. The van der Waals surface area contributed by atoms with Crippen LogP contribution in [0.25, 0.3) is 10.4 Å². The number of ether oxygens (including phenoxy) is 1. The Morgan fingerprint density at radius 2 is 1.69 bits per heavy atom. The van der Waals surface area contributed by atoms with E-state index in [4.69, 9.17) is 32.8 Å². The molecule has 0 aliphatic heterocycles. The summed E-state index contributed by atoms with van der Waals surface area (Å²) in [6.07, 6.45) is -3.52. The Morgan fingerprint density at radius 1 is 1.03 bits per heavy atom. The molecule has 0 saturated heterocycles. The number of nitrogens with zero attached hydrogens (tertiary/aromatic N) is 1. The predicted octanol–water partition coefficient (Wildman–Crippen LogP) is 7.97. The molecule has 0 unspecified atom stereocenters. The number of benzene rings is 2. The summed E-state index contributed by atoms with van der Waals surface area (Å²) in [5.74, 6) is -0.992. The highest BCUT2D eigenvalue weighted by Gasteiger charge is 2.31. The maximum absolute atomic E-state index is 12.8. The number of carboxylic acids is 1. The van der Waals surface area contributed by atoms with Gasteiger partial charge in [-0.25, -0.2) is 4.79 Å². The zero-order chi connectivity index (χ0) is 26.7. The number of aliphatic carboxylic acids is 1. The third-order valence-electron chi connectivity index (χ3n) is 5.23. The van der Waals surface area contributed by atoms with E-state index >= 15 is 0 Å². The third kappa shape index (κ3) is 6.52. The highest BCUT2D eigenvalue weighted by atomic mass is 35.5. The van der Waals surface area contributed by atoms with E-state index in [2.05, 4.69) is 5.16 Å². The number of halogens is 5. The van der Waals surface area contributed by atoms with Crippen LogP contribution in [0.15, 0.2) is 53.7 Å². The first kappa shape index (κ1) is 27.8. The molecule has 1 N–H and O–H groups in total. The zero-order valence-electron chi connectivity index (χ0n) is 19.5. The van der Waals surface area contributed by atoms with Crippen LogP contribution in [-0.4, -0.2) is 29.5 Å². The monoisotopic (exact) mass is 559 g/mol. The summed E-state index contributed by atoms with van der Waals surface area (Å²) >= 11 is 14.1. The summed E-state index contributed by atoms with van der Waals surface area (Å²) in [5.41, 5.74) is -0.212. The van der Waals surface area contributed by atoms with E-state index in [0.29, 0.717) is 29.7 Å². The topological polar surface area (TPSA) is 68.1 Å². The lowest BCUT2D eigenvalue weighted by Crippen LogP contribution is -2.38. The number of thiophene rings is 1. The summed E-state index contributed by atoms with van der Waals surface area (Å²) in [5, 5.41) is 13.7. The molecule has 0 bridgehead atoms. The maximum atomic E-state index is 12.8. The second-order valence-corrected chi connectivity index (χ2v) is 10.1. The van der Waals surface area contributed by atoms with E-state index in [-0.39, 0.29) is 15.8 Å². The van der Waals surface area contributed by atoms with Crippen LogP contribution in [0.5, 0.6) is 5.75 Å². The average Bonchev–Trinajstić information content (AvgIpc) is 3.30. The first-order chi connectivity index (χ1) is 16.8. The molecule has 1 aromatic heterocycles. The first-order valence-electron chi connectivity index (χ1n) is 10.6. The molecule has 0 atom stereocenters. The Kier molecular flexibility index (Phi) is 8.59. The Bertz CT molecular complexity index is 1270. The molecule has 0 fully saturated rings. The van der Waals surface area contributed by atoms with Crippen molar-refractivity contribution in [3.63, 3.8) is 0 Å². The number of rotatable bonds is 9. The van der Waals surface area contributed by atoms with Gasteiger partial charge in [0.2, 0.25) is 0 Å². The number of aryl methyl sites for hydroxylation is 1. The van der Waals surface area contributed by atoms with Crippen LogP contribution < -0.4 is 4.74 Å². The molecule has 0 amide bonds. The number of oxime groups is 1. The van der Waals surface area contributed by atoms with Crippen molar-refractivity contribution < 1.29 is 32.6 Å². The summed E-state index contributed by atoms with van der Waals surface area (Å²) in [7, 11) is 1.42. The summed E-state index contributed by atoms with van der Waals surface area (Å²) in [6, 6.07) is 11.9. The van der Waals surface area contributed by atoms with Gasteiger partial charge in [-0.3, -0.25) is 0 Å². The molecule has 0 saturated carbocycles. The van der Waals surface area contributed by atoms with Gasteiger partial charge in [0.15, 0.2) is 5.60 Å². The van der Waals surface area contributed by atoms with Gasteiger partial charge in [-0.1, -0.05) is 46.6 Å². The molecule has 11 heteroatoms. The summed E-state index contributed by atoms with van der Waals surface area (Å²) < 4.78 is 44.1. The minimum atomic E-state index is -4.39. The van der Waals surface area contributed by atoms with Crippen molar-refractivity contribution in [1.29, 1.82) is 0 Å². The van der Waals surface area contributed by atoms with E-state index in [1.807, 2.05) is 12.1 Å². The second kappa shape index (κ2) is 11.1. The van der Waals surface area contributed by atoms with Gasteiger partial charge in [-0.2, -0.15) is 13.2 Å². The highest BCUT2D eigenvalue weighted by molar-refractivity contribution is 7.17. The van der Waals surface area contributed by atoms with E-state index < -0.39 is 23.3 Å². The van der Waals surface area contributed by atoms with Gasteiger partial charge in [0.05, 0.1) is 21.2 Å². The molecule has 3 aromatic rings. The van der Waals surface area contributed by atoms with Crippen molar-refractivity contribution in [3.8, 4) is 16.2 Å². The molecule has 0 spiro atoms. The molecule has 0 radical (unpaired) electrons. The number of hydrogen-bond acceptors (Lipinski definition) is 5. The lowest BCUT2D eigenvalue weighted by molar-refractivity contribution is -0.152. The third-order valence-corrected chi connectivity index (χ3v) is 7.31. The largest absolute Gasteiger partial charge is 0.478 e. The standard InChI is InChI=1S/C25H22Cl2F3NO4S/c1-24(2,23(32)33)35-18-11-7-15(21(26)22(18)27)6-10-17(31-34-3)20-13-12-19(36-20)14-4-8-16(9-5-14)25(28,29)30/h4-5,7-9,11-13H,6,10H2,1-3H3,(H,32,33)/b31-17+. The van der Waals surface area contributed by atoms with E-state index in [9.17, 15) is 23.1 Å². The van der Waals surface area contributed by atoms with Crippen LogP contribution >= 0.6 is 34.5 Å². The minimum absolute atomic E-state index is 0.106. The minimum Gasteiger partial charge on any atom is -0.478 e. The molecule has 0 aliphatic carbocycles. The highest BCUT2D eigenvalue weighted by Crippen LogP contribution is 2.38. The molecular formula is C25H22Cl2F3NO4S. The molecule has 0 aliphatic rings.